The summed E-state index contributed by atoms with van der Waals surface area (Å²) in [6.45, 7) is 6.14. The largest absolute Gasteiger partial charge is 0.490 e. The van der Waals surface area contributed by atoms with Crippen LogP contribution < -0.4 is 14.4 Å². The van der Waals surface area contributed by atoms with E-state index in [1.807, 2.05) is 30.4 Å². The lowest BCUT2D eigenvalue weighted by molar-refractivity contribution is -0.137. The summed E-state index contributed by atoms with van der Waals surface area (Å²) in [6.07, 6.45) is 9.82. The summed E-state index contributed by atoms with van der Waals surface area (Å²) in [5, 5.41) is 0.730. The van der Waals surface area contributed by atoms with Crippen LogP contribution in [0.15, 0.2) is 57.8 Å². The average molecular weight is 726 g/mol. The summed E-state index contributed by atoms with van der Waals surface area (Å²) in [6, 6.07) is 11.5. The van der Waals surface area contributed by atoms with Gasteiger partial charge in [-0.1, -0.05) is 29.8 Å². The zero-order valence-electron chi connectivity index (χ0n) is 29.2. The highest BCUT2D eigenvalue weighted by Crippen LogP contribution is 2.47. The summed E-state index contributed by atoms with van der Waals surface area (Å²) in [5.74, 6) is -0.240. The van der Waals surface area contributed by atoms with Gasteiger partial charge in [0, 0.05) is 49.8 Å². The van der Waals surface area contributed by atoms with Crippen LogP contribution in [-0.2, 0) is 45.6 Å². The highest BCUT2D eigenvalue weighted by Gasteiger charge is 2.45. The number of halogens is 1. The molecule has 2 fully saturated rings. The molecule has 1 saturated carbocycles. The number of methoxy groups -OCH3 is 1. The topological polar surface area (TPSA) is 116 Å². The minimum Gasteiger partial charge on any atom is -0.490 e. The number of ether oxygens (including phenoxy) is 4. The first kappa shape index (κ1) is 35.4. The number of benzene rings is 2. The lowest BCUT2D eigenvalue weighted by atomic mass is 9.68. The molecule has 1 unspecified atom stereocenters. The first-order valence-electron chi connectivity index (χ1n) is 17.9. The molecular formula is C38H48ClN3O7S. The standard InChI is InChI=1S/C38H48ClN3O7S/c1-37(2)36(44)41-50(45,40-35(43)25-14-18-47-19-15-25)29-10-13-34-32(21-29)42(22-27-8-11-30(27)33(46-3)7-5-17-49-37)23-38(24-48-34)16-4-6-26-20-28(39)9-12-31(26)38/h5,7,9-10,12-13,20-21,25,27,30,33H,4,6,8,11,14-19,22-24H2,1-3H3,(H,40,41,43,44,45)/b7-5-/t27-,30+,33-,38-,50?/m0/s1. The zero-order valence-corrected chi connectivity index (χ0v) is 30.7. The predicted octanol–water partition coefficient (Wildman–Crippen LogP) is 6.03. The van der Waals surface area contributed by atoms with Crippen molar-refractivity contribution in [3.05, 3.63) is 64.7 Å². The lowest BCUT2D eigenvalue weighted by Crippen LogP contribution is -2.49. The molecule has 3 aliphatic heterocycles. The Kier molecular flexibility index (Phi) is 10.1. The third-order valence-electron chi connectivity index (χ3n) is 11.4. The highest BCUT2D eigenvalue weighted by atomic mass is 35.5. The van der Waals surface area contributed by atoms with Crippen LogP contribution in [0.1, 0.15) is 63.5 Å². The number of fused-ring (bicyclic) bond motifs is 4. The summed E-state index contributed by atoms with van der Waals surface area (Å²) in [5.41, 5.74) is 1.58. The molecule has 50 heavy (non-hydrogen) atoms. The number of carbonyl (C=O) groups is 2. The summed E-state index contributed by atoms with van der Waals surface area (Å²) >= 11 is 6.47. The van der Waals surface area contributed by atoms with Crippen LogP contribution >= 0.6 is 11.6 Å². The van der Waals surface area contributed by atoms with Gasteiger partial charge in [0.15, 0.2) is 9.92 Å². The van der Waals surface area contributed by atoms with E-state index in [4.69, 9.17) is 30.5 Å². The maximum atomic E-state index is 15.1. The van der Waals surface area contributed by atoms with Gasteiger partial charge in [-0.15, -0.1) is 4.36 Å². The van der Waals surface area contributed by atoms with Gasteiger partial charge in [0.25, 0.3) is 5.91 Å². The molecule has 10 nitrogen and oxygen atoms in total. The van der Waals surface area contributed by atoms with Gasteiger partial charge in [-0.05, 0) is 112 Å². The molecule has 7 rings (SSSR count). The molecule has 2 amide bonds. The van der Waals surface area contributed by atoms with E-state index in [9.17, 15) is 9.59 Å². The number of hydrogen-bond acceptors (Lipinski definition) is 8. The lowest BCUT2D eigenvalue weighted by Gasteiger charge is -2.46. The monoisotopic (exact) mass is 725 g/mol. The molecule has 2 aliphatic carbocycles. The van der Waals surface area contributed by atoms with E-state index in [-0.39, 0.29) is 23.0 Å². The quantitative estimate of drug-likeness (QED) is 0.382. The fourth-order valence-corrected chi connectivity index (χ4v) is 10.1. The average Bonchev–Trinajstić information content (AvgIpc) is 3.24. The van der Waals surface area contributed by atoms with E-state index in [2.05, 4.69) is 26.1 Å². The normalized spacial score (nSPS) is 32.0. The second kappa shape index (κ2) is 14.2. The Morgan fingerprint density at radius 1 is 1.12 bits per heavy atom. The highest BCUT2D eigenvalue weighted by molar-refractivity contribution is 7.92. The van der Waals surface area contributed by atoms with Crippen molar-refractivity contribution in [1.29, 1.82) is 0 Å². The number of nitrogens with one attached hydrogen (secondary N) is 1. The molecule has 1 saturated heterocycles. The molecule has 5 aliphatic rings. The van der Waals surface area contributed by atoms with Crippen molar-refractivity contribution in [1.82, 2.24) is 4.72 Å². The van der Waals surface area contributed by atoms with Crippen LogP contribution in [0.4, 0.5) is 5.69 Å². The van der Waals surface area contributed by atoms with Gasteiger partial charge in [0.05, 0.1) is 29.9 Å². The minimum atomic E-state index is -3.79. The van der Waals surface area contributed by atoms with Crippen molar-refractivity contribution in [2.45, 2.75) is 80.8 Å². The smallest absolute Gasteiger partial charge is 0.287 e. The number of amides is 2. The van der Waals surface area contributed by atoms with Crippen molar-refractivity contribution in [2.24, 2.45) is 22.1 Å². The fourth-order valence-electron chi connectivity index (χ4n) is 8.25. The molecule has 2 aromatic carbocycles. The number of carbonyl (C=O) groups excluding carboxylic acids is 2. The number of anilines is 1. The van der Waals surface area contributed by atoms with E-state index >= 15 is 4.21 Å². The Hall–Kier alpha value is -2.96. The third-order valence-corrected chi connectivity index (χ3v) is 13.4. The first-order valence-corrected chi connectivity index (χ1v) is 19.7. The molecule has 0 radical (unpaired) electrons. The Labute approximate surface area is 300 Å². The van der Waals surface area contributed by atoms with Gasteiger partial charge in [-0.2, -0.15) is 0 Å². The van der Waals surface area contributed by atoms with E-state index in [1.165, 1.54) is 11.1 Å². The Bertz CT molecular complexity index is 1780. The molecule has 3 heterocycles. The van der Waals surface area contributed by atoms with Crippen molar-refractivity contribution in [3.8, 4) is 5.75 Å². The first-order chi connectivity index (χ1) is 24.0. The van der Waals surface area contributed by atoms with Gasteiger partial charge < -0.3 is 23.8 Å². The van der Waals surface area contributed by atoms with Gasteiger partial charge >= 0.3 is 0 Å². The molecule has 0 aromatic heterocycles. The molecule has 270 valence electrons. The SMILES string of the molecule is CO[C@H]1/C=C\COC(C)(C)C(=O)N=S(=O)(NC(=O)C2CCOCC2)c2ccc3c(c2)N(C[C@@H]2CC[C@H]21)C[C@@]1(CCCc2cc(Cl)ccc21)CO3. The van der Waals surface area contributed by atoms with Crippen LogP contribution in [0.2, 0.25) is 5.02 Å². The molecule has 2 aromatic rings. The van der Waals surface area contributed by atoms with Gasteiger partial charge in [0.2, 0.25) is 5.91 Å². The Morgan fingerprint density at radius 2 is 1.94 bits per heavy atom. The van der Waals surface area contributed by atoms with Crippen LogP contribution in [-0.4, -0.2) is 74.4 Å². The second-order valence-corrected chi connectivity index (χ2v) is 17.3. The van der Waals surface area contributed by atoms with Crippen LogP contribution in [0.5, 0.6) is 5.75 Å². The maximum absolute atomic E-state index is 15.1. The van der Waals surface area contributed by atoms with Gasteiger partial charge in [-0.3, -0.25) is 14.3 Å². The van der Waals surface area contributed by atoms with E-state index in [0.29, 0.717) is 56.8 Å². The maximum Gasteiger partial charge on any atom is 0.287 e. The molecule has 2 bridgehead atoms. The predicted molar refractivity (Wildman–Crippen MR) is 192 cm³/mol. The van der Waals surface area contributed by atoms with Crippen molar-refractivity contribution < 1.29 is 32.7 Å². The van der Waals surface area contributed by atoms with Gasteiger partial charge in [0.1, 0.15) is 11.4 Å². The number of aryl methyl sites for hydroxylation is 1. The summed E-state index contributed by atoms with van der Waals surface area (Å²) in [4.78, 5) is 30.0. The van der Waals surface area contributed by atoms with Crippen LogP contribution in [0.25, 0.3) is 0 Å². The fraction of sp³-hybridized carbons (Fsp3) is 0.579. The number of hydrogen-bond donors (Lipinski definition) is 1. The summed E-state index contributed by atoms with van der Waals surface area (Å²) < 4.78 is 46.2. The minimum absolute atomic E-state index is 0.103. The number of rotatable bonds is 3. The van der Waals surface area contributed by atoms with E-state index in [1.54, 1.807) is 27.0 Å². The molecule has 1 N–H and O–H groups in total. The Balaban J connectivity index is 1.35. The van der Waals surface area contributed by atoms with Crippen LogP contribution in [0, 0.1) is 17.8 Å². The molecule has 12 heteroatoms. The Morgan fingerprint density at radius 3 is 2.70 bits per heavy atom. The summed E-state index contributed by atoms with van der Waals surface area (Å²) in [7, 11) is -2.05. The molecule has 5 atom stereocenters. The number of nitrogens with zero attached hydrogens (tertiary/aromatic N) is 2. The van der Waals surface area contributed by atoms with Crippen molar-refractivity contribution in [2.75, 3.05) is 51.5 Å². The van der Waals surface area contributed by atoms with Crippen molar-refractivity contribution in [3.63, 3.8) is 0 Å². The van der Waals surface area contributed by atoms with Gasteiger partial charge in [-0.25, -0.2) is 4.21 Å². The van der Waals surface area contributed by atoms with E-state index < -0.39 is 33.2 Å². The van der Waals surface area contributed by atoms with Crippen molar-refractivity contribution >= 4 is 39.0 Å². The van der Waals surface area contributed by atoms with E-state index in [0.717, 1.165) is 49.4 Å². The molecule has 1 spiro atoms. The van der Waals surface area contributed by atoms with Crippen LogP contribution in [0.3, 0.4) is 0 Å². The third kappa shape index (κ3) is 6.96. The second-order valence-electron chi connectivity index (χ2n) is 15.0. The zero-order chi connectivity index (χ0) is 35.1. The molecular weight excluding hydrogens is 678 g/mol.